The molecule has 0 fully saturated rings. The van der Waals surface area contributed by atoms with Crippen molar-refractivity contribution in [3.05, 3.63) is 97.1 Å². The van der Waals surface area contributed by atoms with Crippen molar-refractivity contribution in [2.24, 2.45) is 5.73 Å². The molecule has 0 atom stereocenters. The molecule has 0 aliphatic carbocycles. The summed E-state index contributed by atoms with van der Waals surface area (Å²) >= 11 is 0. The third kappa shape index (κ3) is 6.23. The Hall–Kier alpha value is -4.73. The number of non-ortho nitro benzene ring substituents is 1. The summed E-state index contributed by atoms with van der Waals surface area (Å²) in [5.74, 6) is -1.42. The second-order valence-corrected chi connectivity index (χ2v) is 9.67. The van der Waals surface area contributed by atoms with Crippen LogP contribution in [0, 0.1) is 20.2 Å². The van der Waals surface area contributed by atoms with Gasteiger partial charge in [-0.3, -0.25) is 20.2 Å². The van der Waals surface area contributed by atoms with Crippen LogP contribution in [0.25, 0.3) is 11.1 Å². The van der Waals surface area contributed by atoms with E-state index in [-0.39, 0.29) is 28.8 Å². The minimum atomic E-state index is -4.52. The molecule has 0 spiro atoms. The first-order valence-corrected chi connectivity index (χ1v) is 12.5. The number of sulfonamides is 1. The number of nitrogens with one attached hydrogen (secondary N) is 1. The lowest BCUT2D eigenvalue weighted by Gasteiger charge is -2.15. The molecule has 0 saturated heterocycles. The zero-order valence-corrected chi connectivity index (χ0v) is 21.4. The van der Waals surface area contributed by atoms with Gasteiger partial charge in [0.05, 0.1) is 41.3 Å². The molecule has 0 radical (unpaired) electrons. The Labute approximate surface area is 221 Å². The molecule has 15 heteroatoms. The highest BCUT2D eigenvalue weighted by Crippen LogP contribution is 2.32. The van der Waals surface area contributed by atoms with Crippen LogP contribution in [0.15, 0.2) is 59.5 Å². The number of ether oxygens (including phenoxy) is 2. The van der Waals surface area contributed by atoms with Crippen LogP contribution in [-0.4, -0.2) is 44.4 Å². The number of hydrogen-bond donors (Lipinski definition) is 2. The summed E-state index contributed by atoms with van der Waals surface area (Å²) in [4.78, 5) is 44.7. The highest BCUT2D eigenvalue weighted by molar-refractivity contribution is 7.89. The number of nitro benzene ring substituents is 2. The van der Waals surface area contributed by atoms with Crippen molar-refractivity contribution in [3.63, 3.8) is 0 Å². The molecule has 3 aromatic carbocycles. The maximum atomic E-state index is 12.9. The summed E-state index contributed by atoms with van der Waals surface area (Å²) < 4.78 is 37.8. The van der Waals surface area contributed by atoms with Gasteiger partial charge in [-0.05, 0) is 52.6 Å². The minimum Gasteiger partial charge on any atom is -0.465 e. The summed E-state index contributed by atoms with van der Waals surface area (Å²) in [6.07, 6.45) is 0. The van der Waals surface area contributed by atoms with E-state index in [0.29, 0.717) is 17.2 Å². The van der Waals surface area contributed by atoms with Gasteiger partial charge in [0.25, 0.3) is 11.4 Å². The number of nitrogens with zero attached hydrogens (tertiary/aromatic N) is 2. The number of methoxy groups -OCH3 is 2. The second-order valence-electron chi connectivity index (χ2n) is 7.94. The van der Waals surface area contributed by atoms with Gasteiger partial charge >= 0.3 is 11.9 Å². The first kappa shape index (κ1) is 28.8. The molecule has 0 heterocycles. The maximum absolute atomic E-state index is 12.9. The lowest BCUT2D eigenvalue weighted by atomic mass is 9.92. The lowest BCUT2D eigenvalue weighted by molar-refractivity contribution is -0.396. The first-order chi connectivity index (χ1) is 18.4. The third-order valence-corrected chi connectivity index (χ3v) is 7.06. The molecule has 0 aliphatic rings. The topological polar surface area (TPSA) is 211 Å². The van der Waals surface area contributed by atoms with Gasteiger partial charge < -0.3 is 15.2 Å². The first-order valence-electron chi connectivity index (χ1n) is 11.0. The van der Waals surface area contributed by atoms with Crippen LogP contribution in [0.5, 0.6) is 0 Å². The van der Waals surface area contributed by atoms with Crippen molar-refractivity contribution in [2.45, 2.75) is 18.0 Å². The molecule has 3 N–H and O–H groups in total. The van der Waals surface area contributed by atoms with Crippen LogP contribution in [0.4, 0.5) is 11.4 Å². The molecule has 3 aromatic rings. The molecule has 39 heavy (non-hydrogen) atoms. The highest BCUT2D eigenvalue weighted by Gasteiger charge is 2.29. The van der Waals surface area contributed by atoms with E-state index in [9.17, 15) is 38.2 Å². The van der Waals surface area contributed by atoms with E-state index in [2.05, 4.69) is 4.72 Å². The van der Waals surface area contributed by atoms with E-state index < -0.39 is 54.6 Å². The SMILES string of the molecule is COC(=O)c1ccc(CN)cc1-c1cc(CNS(=O)(=O)c2ccc([N+](=O)[O-])cc2[N+](=O)[O-])ccc1C(=O)OC. The Kier molecular flexibility index (Phi) is 8.70. The van der Waals surface area contributed by atoms with Crippen LogP contribution >= 0.6 is 0 Å². The fraction of sp³-hybridized carbons (Fsp3) is 0.167. The predicted octanol–water partition coefficient (Wildman–Crippen LogP) is 2.68. The van der Waals surface area contributed by atoms with Crippen molar-refractivity contribution in [1.29, 1.82) is 0 Å². The Bertz CT molecular complexity index is 1590. The second kappa shape index (κ2) is 11.8. The smallest absolute Gasteiger partial charge is 0.338 e. The monoisotopic (exact) mass is 558 g/mol. The standard InChI is InChI=1S/C24H22N4O10S/c1-37-23(29)17-6-3-14(12-25)9-19(17)20-10-15(4-7-18(20)24(30)38-2)13-26-39(35,36)22-8-5-16(27(31)32)11-21(22)28(33)34/h3-11,26H,12-13,25H2,1-2H3. The summed E-state index contributed by atoms with van der Waals surface area (Å²) in [7, 11) is -2.16. The van der Waals surface area contributed by atoms with Crippen LogP contribution in [0.1, 0.15) is 31.8 Å². The van der Waals surface area contributed by atoms with Crippen molar-refractivity contribution in [1.82, 2.24) is 4.72 Å². The lowest BCUT2D eigenvalue weighted by Crippen LogP contribution is -2.24. The Morgan fingerprint density at radius 2 is 1.38 bits per heavy atom. The van der Waals surface area contributed by atoms with E-state index in [1.807, 2.05) is 0 Å². The molecule has 14 nitrogen and oxygen atoms in total. The molecule has 0 bridgehead atoms. The van der Waals surface area contributed by atoms with E-state index >= 15 is 0 Å². The zero-order chi connectivity index (χ0) is 28.9. The molecule has 0 saturated carbocycles. The van der Waals surface area contributed by atoms with Crippen LogP contribution in [0.3, 0.4) is 0 Å². The Morgan fingerprint density at radius 1 is 0.846 bits per heavy atom. The van der Waals surface area contributed by atoms with Crippen molar-refractivity contribution < 1.29 is 37.3 Å². The highest BCUT2D eigenvalue weighted by atomic mass is 32.2. The fourth-order valence-electron chi connectivity index (χ4n) is 3.69. The van der Waals surface area contributed by atoms with Gasteiger partial charge in [-0.25, -0.2) is 22.7 Å². The largest absolute Gasteiger partial charge is 0.465 e. The number of carbonyl (C=O) groups excluding carboxylic acids is 2. The van der Waals surface area contributed by atoms with Crippen LogP contribution in [0.2, 0.25) is 0 Å². The molecule has 0 aliphatic heterocycles. The fourth-order valence-corrected chi connectivity index (χ4v) is 4.85. The molecular weight excluding hydrogens is 536 g/mol. The van der Waals surface area contributed by atoms with E-state index in [1.54, 1.807) is 12.1 Å². The summed E-state index contributed by atoms with van der Waals surface area (Å²) in [6, 6.07) is 11.1. The van der Waals surface area contributed by atoms with Crippen molar-refractivity contribution in [3.8, 4) is 11.1 Å². The van der Waals surface area contributed by atoms with Crippen molar-refractivity contribution in [2.75, 3.05) is 14.2 Å². The molecule has 0 unspecified atom stereocenters. The molecule has 0 amide bonds. The summed E-state index contributed by atoms with van der Waals surface area (Å²) in [5, 5.41) is 22.4. The van der Waals surface area contributed by atoms with Crippen LogP contribution < -0.4 is 10.5 Å². The van der Waals surface area contributed by atoms with Gasteiger partial charge in [0.15, 0.2) is 4.90 Å². The Morgan fingerprint density at radius 3 is 1.87 bits per heavy atom. The number of nitrogens with two attached hydrogens (primary N) is 1. The van der Waals surface area contributed by atoms with E-state index in [0.717, 1.165) is 12.1 Å². The van der Waals surface area contributed by atoms with E-state index in [4.69, 9.17) is 15.2 Å². The summed E-state index contributed by atoms with van der Waals surface area (Å²) in [6.45, 7) is -0.273. The molecule has 204 valence electrons. The van der Waals surface area contributed by atoms with Gasteiger partial charge in [0.2, 0.25) is 10.0 Å². The minimum absolute atomic E-state index is 0.0643. The summed E-state index contributed by atoms with van der Waals surface area (Å²) in [5.41, 5.74) is 5.74. The van der Waals surface area contributed by atoms with Gasteiger partial charge in [0, 0.05) is 19.2 Å². The quantitative estimate of drug-likeness (QED) is 0.210. The number of hydrogen-bond acceptors (Lipinski definition) is 11. The van der Waals surface area contributed by atoms with Gasteiger partial charge in [-0.2, -0.15) is 0 Å². The molecular formula is C24H22N4O10S. The van der Waals surface area contributed by atoms with E-state index in [1.165, 1.54) is 38.5 Å². The number of esters is 2. The average molecular weight is 559 g/mol. The van der Waals surface area contributed by atoms with Crippen LogP contribution in [-0.2, 0) is 32.6 Å². The van der Waals surface area contributed by atoms with Gasteiger partial charge in [0.1, 0.15) is 0 Å². The maximum Gasteiger partial charge on any atom is 0.338 e. The molecule has 3 rings (SSSR count). The Balaban J connectivity index is 2.08. The number of nitro groups is 2. The van der Waals surface area contributed by atoms with Crippen molar-refractivity contribution >= 4 is 33.3 Å². The number of carbonyl (C=O) groups is 2. The third-order valence-electron chi connectivity index (χ3n) is 5.61. The number of rotatable bonds is 10. The van der Waals surface area contributed by atoms with Gasteiger partial charge in [-0.15, -0.1) is 0 Å². The average Bonchev–Trinajstić information content (AvgIpc) is 2.94. The predicted molar refractivity (Wildman–Crippen MR) is 136 cm³/mol. The number of benzene rings is 3. The molecule has 0 aromatic heterocycles. The zero-order valence-electron chi connectivity index (χ0n) is 20.6. The normalized spacial score (nSPS) is 11.1. The van der Waals surface area contributed by atoms with Gasteiger partial charge in [-0.1, -0.05) is 12.1 Å².